The zero-order chi connectivity index (χ0) is 20.4. The van der Waals surface area contributed by atoms with Gasteiger partial charge in [-0.25, -0.2) is 0 Å². The fraction of sp³-hybridized carbons (Fsp3) is 0.0833. The average Bonchev–Trinajstić information content (AvgIpc) is 2.79. The first kappa shape index (κ1) is 18.6. The summed E-state index contributed by atoms with van der Waals surface area (Å²) < 4.78 is 31.3. The molecule has 0 atom stereocenters. The van der Waals surface area contributed by atoms with Crippen LogP contribution in [0.2, 0.25) is 0 Å². The Morgan fingerprint density at radius 3 is 1.87 bits per heavy atom. The number of hydrogen-bond donors (Lipinski definition) is 1. The minimum Gasteiger partial charge on any atom is -0.486 e. The molecule has 1 N–H and O–H groups in total. The number of rotatable bonds is 4. The van der Waals surface area contributed by atoms with Crippen LogP contribution in [-0.2, 0) is 9.30 Å². The van der Waals surface area contributed by atoms with Gasteiger partial charge in [0.05, 0.1) is 0 Å². The van der Waals surface area contributed by atoms with Crippen molar-refractivity contribution in [2.45, 2.75) is 0 Å². The van der Waals surface area contributed by atoms with Crippen molar-refractivity contribution in [1.29, 1.82) is 0 Å². The van der Waals surface area contributed by atoms with Gasteiger partial charge in [0.25, 0.3) is 0 Å². The first-order valence-corrected chi connectivity index (χ1v) is 11.5. The van der Waals surface area contributed by atoms with Crippen molar-refractivity contribution in [3.63, 3.8) is 0 Å². The molecule has 0 bridgehead atoms. The van der Waals surface area contributed by atoms with Gasteiger partial charge in [-0.1, -0.05) is 60.7 Å². The number of nitrogens with one attached hydrogen (secondary N) is 1. The monoisotopic (exact) mass is 417 g/mol. The van der Waals surface area contributed by atoms with Crippen molar-refractivity contribution in [1.82, 2.24) is 0 Å². The second-order valence-corrected chi connectivity index (χ2v) is 9.16. The average molecular weight is 417 g/mol. The Morgan fingerprint density at radius 1 is 0.700 bits per heavy atom. The highest BCUT2D eigenvalue weighted by Crippen LogP contribution is 2.56. The maximum atomic E-state index is 13.9. The standard InChI is InChI=1S/C24H20NO4P/c26-30(25-20-11-12-21-22(15-20)28-14-13-27-21)16-23(18-7-3-1-4-8-18)29-24(17-30)19-9-5-2-6-10-19/h1-12,15-17H,13-14H2,(H,25,26). The lowest BCUT2D eigenvalue weighted by Gasteiger charge is -2.25. The molecule has 5 nitrogen and oxygen atoms in total. The van der Waals surface area contributed by atoms with Crippen LogP contribution in [0.1, 0.15) is 11.1 Å². The fourth-order valence-corrected chi connectivity index (χ4v) is 5.25. The second-order valence-electron chi connectivity index (χ2n) is 7.00. The molecule has 0 fully saturated rings. The third-order valence-corrected chi connectivity index (χ3v) is 6.64. The van der Waals surface area contributed by atoms with Gasteiger partial charge in [0, 0.05) is 34.5 Å². The lowest BCUT2D eigenvalue weighted by molar-refractivity contribution is 0.171. The molecular formula is C24H20NO4P. The molecule has 5 rings (SSSR count). The molecule has 3 aromatic rings. The minimum absolute atomic E-state index is 0.498. The van der Waals surface area contributed by atoms with E-state index in [9.17, 15) is 4.57 Å². The molecule has 3 aromatic carbocycles. The molecule has 2 heterocycles. The summed E-state index contributed by atoms with van der Waals surface area (Å²) in [5.74, 6) is 5.80. The van der Waals surface area contributed by atoms with Gasteiger partial charge in [-0.2, -0.15) is 0 Å². The Kier molecular flexibility index (Phi) is 4.82. The largest absolute Gasteiger partial charge is 0.486 e. The third-order valence-electron chi connectivity index (χ3n) is 4.80. The van der Waals surface area contributed by atoms with E-state index in [0.717, 1.165) is 11.1 Å². The Hall–Kier alpha value is -3.43. The van der Waals surface area contributed by atoms with Gasteiger partial charge in [0.2, 0.25) is 7.29 Å². The number of benzene rings is 3. The Morgan fingerprint density at radius 2 is 1.27 bits per heavy atom. The number of anilines is 1. The molecule has 0 unspecified atom stereocenters. The quantitative estimate of drug-likeness (QED) is 0.514. The predicted octanol–water partition coefficient (Wildman–Crippen LogP) is 6.18. The van der Waals surface area contributed by atoms with Crippen LogP contribution in [0.15, 0.2) is 90.5 Å². The maximum absolute atomic E-state index is 13.9. The topological polar surface area (TPSA) is 56.8 Å². The summed E-state index contributed by atoms with van der Waals surface area (Å²) in [7, 11) is -3.11. The first-order chi connectivity index (χ1) is 14.7. The van der Waals surface area contributed by atoms with Crippen LogP contribution < -0.4 is 14.6 Å². The van der Waals surface area contributed by atoms with Crippen LogP contribution in [0.25, 0.3) is 11.5 Å². The Balaban J connectivity index is 1.54. The van der Waals surface area contributed by atoms with Crippen molar-refractivity contribution in [3.8, 4) is 11.5 Å². The molecule has 0 aliphatic carbocycles. The third kappa shape index (κ3) is 3.85. The number of ether oxygens (including phenoxy) is 3. The van der Waals surface area contributed by atoms with E-state index in [0.29, 0.717) is 41.9 Å². The van der Waals surface area contributed by atoms with E-state index in [2.05, 4.69) is 5.09 Å². The van der Waals surface area contributed by atoms with Gasteiger partial charge in [0.15, 0.2) is 11.5 Å². The lowest BCUT2D eigenvalue weighted by atomic mass is 10.2. The Labute approximate surface area is 175 Å². The normalized spacial score (nSPS) is 16.7. The van der Waals surface area contributed by atoms with Crippen LogP contribution in [0.5, 0.6) is 11.5 Å². The van der Waals surface area contributed by atoms with Crippen molar-refractivity contribution in [3.05, 3.63) is 102 Å². The molecule has 0 saturated heterocycles. The van der Waals surface area contributed by atoms with E-state index >= 15 is 0 Å². The lowest BCUT2D eigenvalue weighted by Crippen LogP contribution is -2.15. The molecule has 2 aliphatic heterocycles. The van der Waals surface area contributed by atoms with E-state index in [-0.39, 0.29) is 0 Å². The molecule has 0 radical (unpaired) electrons. The summed E-state index contributed by atoms with van der Waals surface area (Å²) in [4.78, 5) is 0. The molecular weight excluding hydrogens is 397 g/mol. The molecule has 0 aromatic heterocycles. The smallest absolute Gasteiger partial charge is 0.220 e. The molecule has 30 heavy (non-hydrogen) atoms. The summed E-state index contributed by atoms with van der Waals surface area (Å²) in [6.07, 6.45) is 0. The van der Waals surface area contributed by atoms with Gasteiger partial charge < -0.3 is 19.3 Å². The zero-order valence-electron chi connectivity index (χ0n) is 16.2. The maximum Gasteiger partial charge on any atom is 0.220 e. The van der Waals surface area contributed by atoms with Gasteiger partial charge in [-0.05, 0) is 12.1 Å². The van der Waals surface area contributed by atoms with Crippen LogP contribution >= 0.6 is 7.29 Å². The highest BCUT2D eigenvalue weighted by atomic mass is 31.2. The molecule has 150 valence electrons. The van der Waals surface area contributed by atoms with Gasteiger partial charge >= 0.3 is 0 Å². The highest BCUT2D eigenvalue weighted by molar-refractivity contribution is 7.72. The van der Waals surface area contributed by atoms with Gasteiger partial charge in [0.1, 0.15) is 24.7 Å². The molecule has 6 heteroatoms. The van der Waals surface area contributed by atoms with E-state index in [4.69, 9.17) is 14.2 Å². The summed E-state index contributed by atoms with van der Waals surface area (Å²) in [6, 6.07) is 24.8. The van der Waals surface area contributed by atoms with Crippen LogP contribution in [-0.4, -0.2) is 13.2 Å². The van der Waals surface area contributed by atoms with Crippen LogP contribution in [0, 0.1) is 0 Å². The van der Waals surface area contributed by atoms with Crippen LogP contribution in [0.3, 0.4) is 0 Å². The molecule has 0 amide bonds. The Bertz CT molecular complexity index is 1110. The summed E-state index contributed by atoms with van der Waals surface area (Å²) in [6.45, 7) is 1.03. The minimum atomic E-state index is -3.11. The number of hydrogen-bond acceptors (Lipinski definition) is 4. The van der Waals surface area contributed by atoms with Gasteiger partial charge in [-0.3, -0.25) is 4.57 Å². The molecule has 2 aliphatic rings. The highest BCUT2D eigenvalue weighted by Gasteiger charge is 2.27. The summed E-state index contributed by atoms with van der Waals surface area (Å²) >= 11 is 0. The first-order valence-electron chi connectivity index (χ1n) is 9.70. The van der Waals surface area contributed by atoms with E-state index in [1.165, 1.54) is 0 Å². The van der Waals surface area contributed by atoms with Crippen molar-refractivity contribution >= 4 is 24.5 Å². The zero-order valence-corrected chi connectivity index (χ0v) is 17.0. The van der Waals surface area contributed by atoms with E-state index in [1.807, 2.05) is 78.9 Å². The molecule has 0 saturated carbocycles. The predicted molar refractivity (Wildman–Crippen MR) is 119 cm³/mol. The van der Waals surface area contributed by atoms with Gasteiger partial charge in [-0.15, -0.1) is 0 Å². The van der Waals surface area contributed by atoms with Crippen molar-refractivity contribution < 1.29 is 18.8 Å². The van der Waals surface area contributed by atoms with E-state index in [1.54, 1.807) is 11.6 Å². The van der Waals surface area contributed by atoms with Crippen LogP contribution in [0.4, 0.5) is 5.69 Å². The summed E-state index contributed by atoms with van der Waals surface area (Å²) in [5, 5.41) is 3.19. The van der Waals surface area contributed by atoms with Crippen molar-refractivity contribution in [2.75, 3.05) is 18.3 Å². The summed E-state index contributed by atoms with van der Waals surface area (Å²) in [5.41, 5.74) is 2.42. The number of fused-ring (bicyclic) bond motifs is 1. The fourth-order valence-electron chi connectivity index (χ4n) is 3.41. The SMILES string of the molecule is O=P1(Nc2ccc3c(c2)OCCO3)C=C(c2ccccc2)OC(c2ccccc2)=C1. The second kappa shape index (κ2) is 7.77. The van der Waals surface area contributed by atoms with E-state index < -0.39 is 7.29 Å². The van der Waals surface area contributed by atoms with Crippen molar-refractivity contribution in [2.24, 2.45) is 0 Å². The molecule has 0 spiro atoms.